The Morgan fingerprint density at radius 3 is 2.88 bits per heavy atom. The summed E-state index contributed by atoms with van der Waals surface area (Å²) in [6.07, 6.45) is 9.31. The average Bonchev–Trinajstić information content (AvgIpc) is 3.54. The molecular weight excluding hydrogens is 408 g/mol. The molecule has 0 bridgehead atoms. The number of hydrogen-bond donors (Lipinski definition) is 1. The minimum absolute atomic E-state index is 0.0426. The van der Waals surface area contributed by atoms with Crippen molar-refractivity contribution in [2.24, 2.45) is 0 Å². The molecule has 1 unspecified atom stereocenters. The SMILES string of the molecule is O=C(C1=C([O-])C(=O)N(CCC[n+]2cc[nH]c2)C1c1cccnc1)c1cc2ccccc2o1. The molecule has 3 aromatic heterocycles. The highest BCUT2D eigenvalue weighted by Crippen LogP contribution is 2.38. The van der Waals surface area contributed by atoms with Crippen LogP contribution >= 0.6 is 0 Å². The number of ketones is 1. The third-order valence-electron chi connectivity index (χ3n) is 5.60. The van der Waals surface area contributed by atoms with Gasteiger partial charge in [-0.05, 0) is 29.5 Å². The number of nitrogens with one attached hydrogen (secondary N) is 1. The van der Waals surface area contributed by atoms with Crippen LogP contribution in [0.4, 0.5) is 0 Å². The highest BCUT2D eigenvalue weighted by molar-refractivity contribution is 6.15. The van der Waals surface area contributed by atoms with Gasteiger partial charge in [-0.1, -0.05) is 24.3 Å². The molecule has 0 radical (unpaired) electrons. The van der Waals surface area contributed by atoms with E-state index >= 15 is 0 Å². The molecule has 5 rings (SSSR count). The summed E-state index contributed by atoms with van der Waals surface area (Å²) < 4.78 is 7.65. The maximum Gasteiger partial charge on any atom is 0.241 e. The Hall–Kier alpha value is -4.20. The second kappa shape index (κ2) is 8.14. The van der Waals surface area contributed by atoms with Gasteiger partial charge < -0.3 is 14.4 Å². The number of nitrogens with zero attached hydrogens (tertiary/aromatic N) is 3. The van der Waals surface area contributed by atoms with Gasteiger partial charge in [0.25, 0.3) is 0 Å². The second-order valence-electron chi connectivity index (χ2n) is 7.61. The van der Waals surface area contributed by atoms with Crippen molar-refractivity contribution in [2.45, 2.75) is 19.0 Å². The number of pyridine rings is 1. The van der Waals surface area contributed by atoms with Gasteiger partial charge >= 0.3 is 0 Å². The topological polar surface area (TPSA) is 106 Å². The second-order valence-corrected chi connectivity index (χ2v) is 7.61. The molecule has 1 atom stereocenters. The van der Waals surface area contributed by atoms with Crippen molar-refractivity contribution in [1.29, 1.82) is 0 Å². The molecule has 1 aromatic carbocycles. The fourth-order valence-corrected chi connectivity index (χ4v) is 4.09. The van der Waals surface area contributed by atoms with Crippen molar-refractivity contribution in [1.82, 2.24) is 14.9 Å². The van der Waals surface area contributed by atoms with Gasteiger partial charge in [0, 0.05) is 36.3 Å². The van der Waals surface area contributed by atoms with Crippen LogP contribution in [0.3, 0.4) is 0 Å². The Bertz CT molecular complexity index is 1280. The van der Waals surface area contributed by atoms with Crippen molar-refractivity contribution in [3.05, 3.63) is 96.2 Å². The molecule has 0 fully saturated rings. The van der Waals surface area contributed by atoms with E-state index in [0.717, 1.165) is 5.39 Å². The number of H-pyrrole nitrogens is 1. The van der Waals surface area contributed by atoms with Crippen LogP contribution in [-0.4, -0.2) is 33.1 Å². The molecule has 0 spiro atoms. The minimum atomic E-state index is -0.805. The minimum Gasteiger partial charge on any atom is -0.868 e. The lowest BCUT2D eigenvalue weighted by Gasteiger charge is -2.27. The maximum absolute atomic E-state index is 13.4. The number of carbonyl (C=O) groups is 2. The van der Waals surface area contributed by atoms with Crippen molar-refractivity contribution in [3.63, 3.8) is 0 Å². The zero-order valence-electron chi connectivity index (χ0n) is 17.1. The molecule has 160 valence electrons. The summed E-state index contributed by atoms with van der Waals surface area (Å²) in [7, 11) is 0. The summed E-state index contributed by atoms with van der Waals surface area (Å²) in [4.78, 5) is 34.9. The van der Waals surface area contributed by atoms with Gasteiger partial charge in [-0.15, -0.1) is 0 Å². The summed E-state index contributed by atoms with van der Waals surface area (Å²) in [5.74, 6) is -2.01. The molecule has 1 aliphatic heterocycles. The number of furan rings is 1. The summed E-state index contributed by atoms with van der Waals surface area (Å²) in [5.41, 5.74) is 1.06. The van der Waals surface area contributed by atoms with E-state index in [1.165, 1.54) is 4.90 Å². The first-order chi connectivity index (χ1) is 15.6. The predicted molar refractivity (Wildman–Crippen MR) is 112 cm³/mol. The number of hydrogen-bond acceptors (Lipinski definition) is 5. The first-order valence-corrected chi connectivity index (χ1v) is 10.3. The molecule has 8 heteroatoms. The van der Waals surface area contributed by atoms with Gasteiger partial charge in [-0.2, -0.15) is 0 Å². The van der Waals surface area contributed by atoms with E-state index in [1.54, 1.807) is 48.9 Å². The molecule has 1 aliphatic rings. The molecule has 4 aromatic rings. The summed E-state index contributed by atoms with van der Waals surface area (Å²) >= 11 is 0. The van der Waals surface area contributed by atoms with Crippen molar-refractivity contribution in [2.75, 3.05) is 6.54 Å². The molecule has 1 amide bonds. The van der Waals surface area contributed by atoms with Gasteiger partial charge in [0.2, 0.25) is 18.0 Å². The van der Waals surface area contributed by atoms with Crippen LogP contribution in [0.25, 0.3) is 11.0 Å². The van der Waals surface area contributed by atoms with Gasteiger partial charge in [-0.3, -0.25) is 19.6 Å². The van der Waals surface area contributed by atoms with E-state index in [-0.39, 0.29) is 11.3 Å². The number of aryl methyl sites for hydroxylation is 1. The maximum atomic E-state index is 13.4. The Labute approximate surface area is 183 Å². The van der Waals surface area contributed by atoms with E-state index in [9.17, 15) is 14.7 Å². The number of aromatic amines is 1. The Balaban J connectivity index is 1.49. The van der Waals surface area contributed by atoms with E-state index in [0.29, 0.717) is 30.7 Å². The molecule has 0 aliphatic carbocycles. The normalized spacial score (nSPS) is 16.3. The number of aromatic nitrogens is 3. The van der Waals surface area contributed by atoms with E-state index < -0.39 is 23.5 Å². The molecule has 0 saturated heterocycles. The first kappa shape index (κ1) is 19.7. The van der Waals surface area contributed by atoms with Crippen molar-refractivity contribution < 1.29 is 23.7 Å². The number of Topliss-reactive ketones (excluding diaryl/α,β-unsaturated/α-hetero) is 1. The largest absolute Gasteiger partial charge is 0.868 e. The monoisotopic (exact) mass is 428 g/mol. The summed E-state index contributed by atoms with van der Waals surface area (Å²) in [5, 5.41) is 13.8. The third kappa shape index (κ3) is 3.45. The molecule has 8 nitrogen and oxygen atoms in total. The quantitative estimate of drug-likeness (QED) is 0.358. The number of para-hydroxylation sites is 1. The fourth-order valence-electron chi connectivity index (χ4n) is 4.09. The van der Waals surface area contributed by atoms with Gasteiger partial charge in [-0.25, -0.2) is 4.57 Å². The van der Waals surface area contributed by atoms with Crippen LogP contribution < -0.4 is 9.67 Å². The molecular formula is C24H20N4O4. The van der Waals surface area contributed by atoms with Crippen LogP contribution in [0.2, 0.25) is 0 Å². The smallest absolute Gasteiger partial charge is 0.241 e. The lowest BCUT2D eigenvalue weighted by molar-refractivity contribution is -0.695. The van der Waals surface area contributed by atoms with Crippen LogP contribution in [-0.2, 0) is 11.3 Å². The molecule has 32 heavy (non-hydrogen) atoms. The molecule has 4 heterocycles. The van der Waals surface area contributed by atoms with Crippen molar-refractivity contribution >= 4 is 22.7 Å². The average molecular weight is 428 g/mol. The summed E-state index contributed by atoms with van der Waals surface area (Å²) in [6.45, 7) is 0.979. The predicted octanol–water partition coefficient (Wildman–Crippen LogP) is 1.91. The number of imidazole rings is 1. The molecule has 0 saturated carbocycles. The highest BCUT2D eigenvalue weighted by Gasteiger charge is 2.40. The van der Waals surface area contributed by atoms with E-state index in [1.807, 2.05) is 29.2 Å². The van der Waals surface area contributed by atoms with Crippen LogP contribution in [0.5, 0.6) is 0 Å². The number of carbonyl (C=O) groups excluding carboxylic acids is 2. The van der Waals surface area contributed by atoms with Gasteiger partial charge in [0.15, 0.2) is 5.76 Å². The summed E-state index contributed by atoms with van der Waals surface area (Å²) in [6, 6.07) is 11.5. The van der Waals surface area contributed by atoms with E-state index in [2.05, 4.69) is 9.97 Å². The van der Waals surface area contributed by atoms with Gasteiger partial charge in [0.05, 0.1) is 12.6 Å². The lowest BCUT2D eigenvalue weighted by Crippen LogP contribution is -2.37. The Morgan fingerprint density at radius 1 is 1.25 bits per heavy atom. The standard InChI is InChI=1S/C24H20N4O4/c29-22(19-13-16-5-1-2-7-18(16)32-19)20-21(17-6-3-8-25-14-17)28(24(31)23(20)30)11-4-10-27-12-9-26-15-27/h1-3,5-9,12-15,21H,4,10-11H2,(H,29,30). The van der Waals surface area contributed by atoms with Crippen molar-refractivity contribution in [3.8, 4) is 0 Å². The number of amides is 1. The van der Waals surface area contributed by atoms with Gasteiger partial charge in [0.1, 0.15) is 18.0 Å². The first-order valence-electron chi connectivity index (χ1n) is 10.3. The van der Waals surface area contributed by atoms with Crippen LogP contribution in [0.1, 0.15) is 28.6 Å². The third-order valence-corrected chi connectivity index (χ3v) is 5.60. The number of rotatable bonds is 7. The number of fused-ring (bicyclic) bond motifs is 1. The molecule has 1 N–H and O–H groups in total. The van der Waals surface area contributed by atoms with Crippen LogP contribution in [0, 0.1) is 0 Å². The zero-order valence-corrected chi connectivity index (χ0v) is 17.1. The highest BCUT2D eigenvalue weighted by atomic mass is 16.3. The Morgan fingerprint density at radius 2 is 2.12 bits per heavy atom. The van der Waals surface area contributed by atoms with Crippen LogP contribution in [0.15, 0.2) is 89.3 Å². The number of benzene rings is 1. The fraction of sp³-hybridized carbons (Fsp3) is 0.167. The van der Waals surface area contributed by atoms with E-state index in [4.69, 9.17) is 4.42 Å². The Kier molecular flexibility index (Phi) is 5.03. The lowest BCUT2D eigenvalue weighted by atomic mass is 9.96. The zero-order chi connectivity index (χ0) is 22.1.